The molecule has 0 radical (unpaired) electrons. The van der Waals surface area contributed by atoms with Crippen molar-refractivity contribution in [3.05, 3.63) is 24.3 Å². The van der Waals surface area contributed by atoms with E-state index in [2.05, 4.69) is 9.80 Å². The number of likely N-dealkylation sites (N-methyl/N-ethyl adjacent to an activating group) is 1. The van der Waals surface area contributed by atoms with Crippen LogP contribution in [-0.2, 0) is 0 Å². The lowest BCUT2D eigenvalue weighted by atomic mass is 9.80. The Morgan fingerprint density at radius 1 is 0.941 bits per heavy atom. The second-order valence-electron chi connectivity index (χ2n) is 4.46. The van der Waals surface area contributed by atoms with Crippen LogP contribution in [-0.4, -0.2) is 45.1 Å². The van der Waals surface area contributed by atoms with Gasteiger partial charge in [0.2, 0.25) is 0 Å². The van der Waals surface area contributed by atoms with Crippen LogP contribution < -0.4 is 10.4 Å². The van der Waals surface area contributed by atoms with Gasteiger partial charge in [0.15, 0.2) is 0 Å². The van der Waals surface area contributed by atoms with Crippen molar-refractivity contribution < 1.29 is 12.9 Å². The van der Waals surface area contributed by atoms with Gasteiger partial charge >= 0.3 is 6.98 Å². The van der Waals surface area contributed by atoms with Crippen molar-refractivity contribution in [2.24, 2.45) is 0 Å². The van der Waals surface area contributed by atoms with Crippen LogP contribution in [0.1, 0.15) is 0 Å². The first-order chi connectivity index (χ1) is 7.97. The summed E-state index contributed by atoms with van der Waals surface area (Å²) in [6.07, 6.45) is 0. The van der Waals surface area contributed by atoms with E-state index in [4.69, 9.17) is 0 Å². The highest BCUT2D eigenvalue weighted by molar-refractivity contribution is 6.73. The molecular formula is C11H15BF3N2-. The van der Waals surface area contributed by atoms with Crippen LogP contribution in [0, 0.1) is 0 Å². The Morgan fingerprint density at radius 3 is 1.94 bits per heavy atom. The molecule has 0 aliphatic carbocycles. The molecule has 0 bridgehead atoms. The Bertz CT molecular complexity index is 369. The van der Waals surface area contributed by atoms with Gasteiger partial charge in [-0.25, -0.2) is 0 Å². The third kappa shape index (κ3) is 2.94. The Labute approximate surface area is 99.1 Å². The number of nitrogens with zero attached hydrogens (tertiary/aromatic N) is 2. The van der Waals surface area contributed by atoms with E-state index in [1.165, 1.54) is 12.1 Å². The standard InChI is InChI=1S/C11H15BF3N2/c1-16-6-8-17(9-7-16)11-4-2-10(3-5-11)12(13,14)15/h2-5H,6-9H2,1H3/q-1. The fourth-order valence-electron chi connectivity index (χ4n) is 1.97. The van der Waals surface area contributed by atoms with E-state index in [9.17, 15) is 12.9 Å². The fraction of sp³-hybridized carbons (Fsp3) is 0.455. The first-order valence-corrected chi connectivity index (χ1v) is 5.70. The van der Waals surface area contributed by atoms with E-state index >= 15 is 0 Å². The highest BCUT2D eigenvalue weighted by Gasteiger charge is 2.25. The summed E-state index contributed by atoms with van der Waals surface area (Å²) < 4.78 is 37.4. The summed E-state index contributed by atoms with van der Waals surface area (Å²) in [7, 11) is 2.05. The van der Waals surface area contributed by atoms with Gasteiger partial charge in [0.05, 0.1) is 0 Å². The molecule has 0 amide bonds. The van der Waals surface area contributed by atoms with Gasteiger partial charge in [-0.05, 0) is 19.2 Å². The summed E-state index contributed by atoms with van der Waals surface area (Å²) in [6, 6.07) is 5.48. The molecule has 0 spiro atoms. The van der Waals surface area contributed by atoms with Crippen LogP contribution >= 0.6 is 0 Å². The highest BCUT2D eigenvalue weighted by Crippen LogP contribution is 2.17. The smallest absolute Gasteiger partial charge is 0.445 e. The molecule has 0 atom stereocenters. The second kappa shape index (κ2) is 4.60. The molecule has 1 aromatic carbocycles. The summed E-state index contributed by atoms with van der Waals surface area (Å²) in [6.45, 7) is -1.24. The quantitative estimate of drug-likeness (QED) is 0.726. The van der Waals surface area contributed by atoms with Crippen molar-refractivity contribution in [3.63, 3.8) is 0 Å². The lowest BCUT2D eigenvalue weighted by Gasteiger charge is -2.34. The average molecular weight is 243 g/mol. The van der Waals surface area contributed by atoms with E-state index in [1.807, 2.05) is 7.05 Å². The number of anilines is 1. The maximum absolute atomic E-state index is 12.5. The van der Waals surface area contributed by atoms with E-state index in [0.717, 1.165) is 31.9 Å². The SMILES string of the molecule is CN1CCN(c2ccc([B-](F)(F)F)cc2)CC1. The molecule has 0 unspecified atom stereocenters. The molecular weight excluding hydrogens is 228 g/mol. The monoisotopic (exact) mass is 243 g/mol. The number of halogens is 3. The number of rotatable bonds is 2. The molecule has 1 aromatic rings. The molecule has 2 nitrogen and oxygen atoms in total. The zero-order valence-electron chi connectivity index (χ0n) is 9.74. The number of hydrogen-bond acceptors (Lipinski definition) is 2. The predicted octanol–water partition coefficient (Wildman–Crippen LogP) is 1.49. The van der Waals surface area contributed by atoms with Crippen molar-refractivity contribution in [2.75, 3.05) is 38.1 Å². The van der Waals surface area contributed by atoms with Crippen molar-refractivity contribution >= 4 is 18.1 Å². The Balaban J connectivity index is 2.08. The molecule has 0 N–H and O–H groups in total. The first kappa shape index (κ1) is 12.3. The molecule has 0 saturated carbocycles. The molecule has 94 valence electrons. The van der Waals surface area contributed by atoms with Gasteiger partial charge in [-0.2, -0.15) is 0 Å². The maximum Gasteiger partial charge on any atom is 0.509 e. The topological polar surface area (TPSA) is 6.48 Å². The molecule has 17 heavy (non-hydrogen) atoms. The average Bonchev–Trinajstić information content (AvgIpc) is 2.29. The van der Waals surface area contributed by atoms with Gasteiger partial charge in [-0.3, -0.25) is 0 Å². The van der Waals surface area contributed by atoms with Crippen LogP contribution in [0.3, 0.4) is 0 Å². The largest absolute Gasteiger partial charge is 0.509 e. The van der Waals surface area contributed by atoms with Crippen LogP contribution in [0.2, 0.25) is 0 Å². The van der Waals surface area contributed by atoms with Crippen molar-refractivity contribution in [2.45, 2.75) is 0 Å². The molecule has 6 heteroatoms. The number of benzene rings is 1. The predicted molar refractivity (Wildman–Crippen MR) is 64.9 cm³/mol. The second-order valence-corrected chi connectivity index (χ2v) is 4.46. The molecule has 1 saturated heterocycles. The summed E-state index contributed by atoms with van der Waals surface area (Å²) in [5, 5.41) is 0. The van der Waals surface area contributed by atoms with Gasteiger partial charge in [0.1, 0.15) is 0 Å². The van der Waals surface area contributed by atoms with Gasteiger partial charge < -0.3 is 22.7 Å². The molecule has 1 aliphatic rings. The minimum Gasteiger partial charge on any atom is -0.445 e. The van der Waals surface area contributed by atoms with E-state index < -0.39 is 12.4 Å². The van der Waals surface area contributed by atoms with Crippen LogP contribution in [0.5, 0.6) is 0 Å². The fourth-order valence-corrected chi connectivity index (χ4v) is 1.97. The zero-order valence-corrected chi connectivity index (χ0v) is 9.74. The summed E-state index contributed by atoms with van der Waals surface area (Å²) in [4.78, 5) is 4.33. The lowest BCUT2D eigenvalue weighted by molar-refractivity contribution is 0.313. The van der Waals surface area contributed by atoms with Crippen molar-refractivity contribution in [1.29, 1.82) is 0 Å². The van der Waals surface area contributed by atoms with Gasteiger partial charge in [0.25, 0.3) is 0 Å². The third-order valence-electron chi connectivity index (χ3n) is 3.14. The number of piperazine rings is 1. The first-order valence-electron chi connectivity index (χ1n) is 5.70. The summed E-state index contributed by atoms with van der Waals surface area (Å²) in [5.41, 5.74) is 0.352. The van der Waals surface area contributed by atoms with Crippen LogP contribution in [0.4, 0.5) is 18.6 Å². The molecule has 0 aromatic heterocycles. The molecule has 1 fully saturated rings. The van der Waals surface area contributed by atoms with Gasteiger partial charge in [0, 0.05) is 31.9 Å². The molecule has 1 aliphatic heterocycles. The van der Waals surface area contributed by atoms with E-state index in [1.54, 1.807) is 12.1 Å². The van der Waals surface area contributed by atoms with Crippen molar-refractivity contribution in [1.82, 2.24) is 4.90 Å². The minimum atomic E-state index is -4.88. The Hall–Kier alpha value is -1.17. The number of hydrogen-bond donors (Lipinski definition) is 0. The minimum absolute atomic E-state index is 0.525. The highest BCUT2D eigenvalue weighted by atomic mass is 19.4. The normalized spacial score (nSPS) is 18.5. The summed E-state index contributed by atoms with van der Waals surface area (Å²) >= 11 is 0. The Kier molecular flexibility index (Phi) is 3.33. The third-order valence-corrected chi connectivity index (χ3v) is 3.14. The van der Waals surface area contributed by atoms with E-state index in [-0.39, 0.29) is 0 Å². The lowest BCUT2D eigenvalue weighted by Crippen LogP contribution is -2.44. The van der Waals surface area contributed by atoms with Gasteiger partial charge in [-0.1, -0.05) is 12.1 Å². The Morgan fingerprint density at radius 2 is 1.47 bits per heavy atom. The van der Waals surface area contributed by atoms with Crippen molar-refractivity contribution in [3.8, 4) is 0 Å². The zero-order chi connectivity index (χ0) is 12.5. The van der Waals surface area contributed by atoms with Crippen LogP contribution in [0.15, 0.2) is 24.3 Å². The molecule has 1 heterocycles. The van der Waals surface area contributed by atoms with Crippen LogP contribution in [0.25, 0.3) is 0 Å². The maximum atomic E-state index is 12.5. The summed E-state index contributed by atoms with van der Waals surface area (Å²) in [5.74, 6) is 0. The van der Waals surface area contributed by atoms with E-state index in [0.29, 0.717) is 0 Å². The molecule has 2 rings (SSSR count). The van der Waals surface area contributed by atoms with Gasteiger partial charge in [-0.15, -0.1) is 5.46 Å².